The lowest BCUT2D eigenvalue weighted by Gasteiger charge is -2.10. The maximum absolute atomic E-state index is 9.62. The van der Waals surface area contributed by atoms with E-state index >= 15 is 0 Å². The number of anilines is 1. The predicted molar refractivity (Wildman–Crippen MR) is 113 cm³/mol. The van der Waals surface area contributed by atoms with Crippen LogP contribution in [0.4, 0.5) is 5.82 Å². The number of pyridine rings is 1. The summed E-state index contributed by atoms with van der Waals surface area (Å²) in [6.45, 7) is 5.88. The van der Waals surface area contributed by atoms with Gasteiger partial charge in [0.25, 0.3) is 0 Å². The minimum atomic E-state index is 0.229. The summed E-state index contributed by atoms with van der Waals surface area (Å²) in [5, 5.41) is 21.0. The molecule has 2 aromatic rings. The molecule has 0 saturated heterocycles. The van der Waals surface area contributed by atoms with Gasteiger partial charge in [0, 0.05) is 16.1 Å². The number of hydrogen-bond acceptors (Lipinski definition) is 4. The second-order valence-electron chi connectivity index (χ2n) is 6.64. The molecule has 1 aliphatic heterocycles. The number of halogens is 1. The number of nitrogens with zero attached hydrogens (tertiary/aromatic N) is 2. The first-order valence-electron chi connectivity index (χ1n) is 8.75. The van der Waals surface area contributed by atoms with Gasteiger partial charge in [-0.2, -0.15) is 10.5 Å². The van der Waals surface area contributed by atoms with E-state index in [9.17, 15) is 10.5 Å². The van der Waals surface area contributed by atoms with Crippen LogP contribution < -0.4 is 16.2 Å². The van der Waals surface area contributed by atoms with Gasteiger partial charge in [-0.15, -0.1) is 0 Å². The third kappa shape index (κ3) is 2.95. The van der Waals surface area contributed by atoms with E-state index < -0.39 is 0 Å². The first-order chi connectivity index (χ1) is 13.9. The van der Waals surface area contributed by atoms with E-state index in [2.05, 4.69) is 23.7 Å². The van der Waals surface area contributed by atoms with Crippen LogP contribution in [0.1, 0.15) is 22.5 Å². The predicted octanol–water partition coefficient (Wildman–Crippen LogP) is 3.91. The Labute approximate surface area is 171 Å². The smallest absolute Gasteiger partial charge is 0.134 e. The number of nitrogen functional groups attached to an aromatic ring is 1. The van der Waals surface area contributed by atoms with Crippen molar-refractivity contribution in [2.24, 2.45) is 0 Å². The number of rotatable bonds is 2. The number of H-pyrrole nitrogens is 1. The number of nitrogens with two attached hydrogens (primary N) is 1. The summed E-state index contributed by atoms with van der Waals surface area (Å²) in [5.41, 5.74) is 9.57. The highest BCUT2D eigenvalue weighted by Gasteiger charge is 2.21. The largest absolute Gasteiger partial charge is 0.457 e. The van der Waals surface area contributed by atoms with E-state index in [-0.39, 0.29) is 5.82 Å². The van der Waals surface area contributed by atoms with Crippen LogP contribution in [0.15, 0.2) is 40.8 Å². The number of nitriles is 2. The van der Waals surface area contributed by atoms with Crippen molar-refractivity contribution in [2.45, 2.75) is 6.92 Å². The highest BCUT2D eigenvalue weighted by molar-refractivity contribution is 6.30. The normalized spacial score (nSPS) is 11.5. The molecule has 3 N–H and O–H groups in total. The Balaban J connectivity index is 1.97. The number of nitrogens with one attached hydrogen (secondary N) is 1. The Bertz CT molecular complexity index is 1430. The van der Waals surface area contributed by atoms with Gasteiger partial charge in [0.1, 0.15) is 29.5 Å². The molecule has 1 aliphatic carbocycles. The topological polar surface area (TPSA) is 103 Å². The Kier molecular flexibility index (Phi) is 4.39. The Morgan fingerprint density at radius 3 is 2.62 bits per heavy atom. The summed E-state index contributed by atoms with van der Waals surface area (Å²) in [7, 11) is 0. The molecule has 4 rings (SSSR count). The van der Waals surface area contributed by atoms with Crippen molar-refractivity contribution in [2.75, 3.05) is 5.73 Å². The zero-order chi connectivity index (χ0) is 20.7. The summed E-state index contributed by atoms with van der Waals surface area (Å²) in [6.07, 6.45) is 1.82. The molecule has 0 bridgehead atoms. The molecule has 0 unspecified atom stereocenters. The minimum Gasteiger partial charge on any atom is -0.457 e. The highest BCUT2D eigenvalue weighted by atomic mass is 35.5. The number of hydrogen-bond donors (Lipinski definition) is 2. The third-order valence-electron chi connectivity index (χ3n) is 4.92. The summed E-state index contributed by atoms with van der Waals surface area (Å²) in [4.78, 5) is 2.98. The lowest BCUT2D eigenvalue weighted by Crippen LogP contribution is -2.21. The van der Waals surface area contributed by atoms with Gasteiger partial charge in [0.15, 0.2) is 0 Å². The fraction of sp³-hybridized carbons (Fsp3) is 0.0435. The molecule has 0 fully saturated rings. The fourth-order valence-electron chi connectivity index (χ4n) is 3.53. The zero-order valence-electron chi connectivity index (χ0n) is 15.5. The van der Waals surface area contributed by atoms with Crippen LogP contribution in [-0.2, 0) is 0 Å². The van der Waals surface area contributed by atoms with Crippen LogP contribution in [0, 0.1) is 29.6 Å². The van der Waals surface area contributed by atoms with Crippen LogP contribution in [0.5, 0.6) is 0 Å². The van der Waals surface area contributed by atoms with Crippen molar-refractivity contribution < 1.29 is 4.42 Å². The molecule has 1 aromatic heterocycles. The average Bonchev–Trinajstić information content (AvgIpc) is 3.25. The third-order valence-corrected chi connectivity index (χ3v) is 5.16. The standard InChI is InChI=1S/C23H15ClN4O/c1-12-17(9-16-6-7-20(29-16)14-4-3-5-15(24)8-14)21-13(2)19(11-26)23(27)28-22(21)18(12)10-25/h3-9,28H,1,27H2,2H3/b17-9-. The molecule has 5 nitrogen and oxygen atoms in total. The van der Waals surface area contributed by atoms with Gasteiger partial charge < -0.3 is 15.1 Å². The monoisotopic (exact) mass is 398 g/mol. The van der Waals surface area contributed by atoms with E-state index in [0.29, 0.717) is 49.4 Å². The molecule has 0 atom stereocenters. The van der Waals surface area contributed by atoms with E-state index in [1.165, 1.54) is 0 Å². The van der Waals surface area contributed by atoms with Gasteiger partial charge in [-0.05, 0) is 53.3 Å². The van der Waals surface area contributed by atoms with Crippen LogP contribution in [-0.4, -0.2) is 4.98 Å². The first kappa shape index (κ1) is 18.4. The van der Waals surface area contributed by atoms with E-state index in [0.717, 1.165) is 11.1 Å². The molecule has 0 spiro atoms. The van der Waals surface area contributed by atoms with Crippen molar-refractivity contribution in [3.63, 3.8) is 0 Å². The van der Waals surface area contributed by atoms with Crippen molar-refractivity contribution in [1.29, 1.82) is 10.5 Å². The van der Waals surface area contributed by atoms with Crippen molar-refractivity contribution in [3.8, 4) is 34.7 Å². The van der Waals surface area contributed by atoms with Gasteiger partial charge >= 0.3 is 0 Å². The van der Waals surface area contributed by atoms with Crippen molar-refractivity contribution in [3.05, 3.63) is 74.3 Å². The molecule has 1 aromatic carbocycles. The second kappa shape index (κ2) is 6.91. The molecule has 2 aliphatic rings. The maximum atomic E-state index is 9.62. The summed E-state index contributed by atoms with van der Waals surface area (Å²) < 4.78 is 5.97. The van der Waals surface area contributed by atoms with Gasteiger partial charge in [-0.1, -0.05) is 30.3 Å². The lowest BCUT2D eigenvalue weighted by atomic mass is 10.0. The Hall–Kier alpha value is -3.93. The average molecular weight is 399 g/mol. The second-order valence-corrected chi connectivity index (χ2v) is 7.07. The first-order valence-corrected chi connectivity index (χ1v) is 9.12. The zero-order valence-corrected chi connectivity index (χ0v) is 16.3. The SMILES string of the molecule is C=c1c(C#N)c2[nH]c(N)c(C#N)c(C)c-2/c1=C\c1ccc(-c2cccc(Cl)c2)o1. The van der Waals surface area contributed by atoms with Crippen LogP contribution in [0.2, 0.25) is 5.02 Å². The molecule has 0 saturated carbocycles. The molecule has 140 valence electrons. The van der Waals surface area contributed by atoms with Crippen LogP contribution in [0.3, 0.4) is 0 Å². The molecule has 2 heterocycles. The fourth-order valence-corrected chi connectivity index (χ4v) is 3.72. The van der Waals surface area contributed by atoms with Gasteiger partial charge in [0.2, 0.25) is 0 Å². The lowest BCUT2D eigenvalue weighted by molar-refractivity contribution is 0.571. The van der Waals surface area contributed by atoms with E-state index in [4.69, 9.17) is 21.8 Å². The van der Waals surface area contributed by atoms with Crippen LogP contribution >= 0.6 is 11.6 Å². The van der Waals surface area contributed by atoms with Gasteiger partial charge in [0.05, 0.1) is 16.8 Å². The van der Waals surface area contributed by atoms with Gasteiger partial charge in [-0.3, -0.25) is 0 Å². The van der Waals surface area contributed by atoms with Crippen LogP contribution in [0.25, 0.3) is 35.2 Å². The van der Waals surface area contributed by atoms with Gasteiger partial charge in [-0.25, -0.2) is 0 Å². The number of benzene rings is 1. The molecule has 0 radical (unpaired) electrons. The molecule has 6 heteroatoms. The Morgan fingerprint density at radius 2 is 1.93 bits per heavy atom. The Morgan fingerprint density at radius 1 is 1.17 bits per heavy atom. The van der Waals surface area contributed by atoms with Crippen molar-refractivity contribution in [1.82, 2.24) is 4.98 Å². The summed E-state index contributed by atoms with van der Waals surface area (Å²) in [6, 6.07) is 15.4. The van der Waals surface area contributed by atoms with Crippen molar-refractivity contribution >= 4 is 30.1 Å². The molecule has 29 heavy (non-hydrogen) atoms. The van der Waals surface area contributed by atoms with E-state index in [1.807, 2.05) is 43.3 Å². The van der Waals surface area contributed by atoms with E-state index in [1.54, 1.807) is 6.07 Å². The number of furan rings is 1. The maximum Gasteiger partial charge on any atom is 0.134 e. The number of aromatic amines is 1. The number of fused-ring (bicyclic) bond motifs is 1. The summed E-state index contributed by atoms with van der Waals surface area (Å²) >= 11 is 6.07. The highest BCUT2D eigenvalue weighted by Crippen LogP contribution is 2.29. The summed E-state index contributed by atoms with van der Waals surface area (Å²) in [5.74, 6) is 1.49. The molecule has 0 amide bonds. The molecular weight excluding hydrogens is 384 g/mol. The molecular formula is C23H15ClN4O. The minimum absolute atomic E-state index is 0.229. The quantitative estimate of drug-likeness (QED) is 0.534. The number of aromatic nitrogens is 1.